The minimum Gasteiger partial charge on any atom is -0.483 e. The largest absolute Gasteiger partial charge is 0.483 e. The Labute approximate surface area is 160 Å². The Bertz CT molecular complexity index is 917. The zero-order valence-electron chi connectivity index (χ0n) is 16.1. The van der Waals surface area contributed by atoms with Crippen LogP contribution in [0.3, 0.4) is 0 Å². The summed E-state index contributed by atoms with van der Waals surface area (Å²) in [7, 11) is 0. The van der Waals surface area contributed by atoms with Gasteiger partial charge in [0.1, 0.15) is 5.75 Å². The van der Waals surface area contributed by atoms with E-state index in [4.69, 9.17) is 4.74 Å². The fourth-order valence-electron chi connectivity index (χ4n) is 2.92. The maximum Gasteiger partial charge on any atom is 0.262 e. The zero-order valence-corrected chi connectivity index (χ0v) is 16.1. The molecule has 3 aromatic carbocycles. The number of anilines is 1. The maximum absolute atomic E-state index is 12.3. The highest BCUT2D eigenvalue weighted by atomic mass is 16.5. The van der Waals surface area contributed by atoms with Gasteiger partial charge in [0, 0.05) is 23.8 Å². The average molecular weight is 362 g/mol. The Kier molecular flexibility index (Phi) is 6.09. The van der Waals surface area contributed by atoms with Gasteiger partial charge in [0.15, 0.2) is 6.61 Å². The van der Waals surface area contributed by atoms with E-state index in [9.17, 15) is 4.79 Å². The number of carbonyl (C=O) groups is 1. The van der Waals surface area contributed by atoms with Crippen molar-refractivity contribution in [1.82, 2.24) is 5.32 Å². The highest BCUT2D eigenvalue weighted by Gasteiger charge is 2.11. The van der Waals surface area contributed by atoms with Gasteiger partial charge >= 0.3 is 0 Å². The molecule has 140 valence electrons. The van der Waals surface area contributed by atoms with Crippen LogP contribution in [0.1, 0.15) is 25.0 Å². The predicted octanol–water partition coefficient (Wildman–Crippen LogP) is 4.66. The summed E-state index contributed by atoms with van der Waals surface area (Å²) in [6, 6.07) is 20.3. The minimum atomic E-state index is -0.171. The molecule has 0 radical (unpaired) electrons. The summed E-state index contributed by atoms with van der Waals surface area (Å²) < 4.78 is 5.88. The Morgan fingerprint density at radius 2 is 1.74 bits per heavy atom. The molecule has 0 bridgehead atoms. The summed E-state index contributed by atoms with van der Waals surface area (Å²) in [5.74, 6) is 0.565. The zero-order chi connectivity index (χ0) is 19.2. The van der Waals surface area contributed by atoms with E-state index in [-0.39, 0.29) is 12.5 Å². The van der Waals surface area contributed by atoms with Crippen LogP contribution in [-0.2, 0) is 11.3 Å². The summed E-state index contributed by atoms with van der Waals surface area (Å²) in [6.45, 7) is 6.90. The molecule has 27 heavy (non-hydrogen) atoms. The first-order chi connectivity index (χ1) is 13.0. The van der Waals surface area contributed by atoms with Crippen molar-refractivity contribution in [3.8, 4) is 5.75 Å². The van der Waals surface area contributed by atoms with Gasteiger partial charge < -0.3 is 15.4 Å². The van der Waals surface area contributed by atoms with Crippen molar-refractivity contribution in [2.24, 2.45) is 0 Å². The lowest BCUT2D eigenvalue weighted by Gasteiger charge is -2.16. The molecule has 0 saturated carbocycles. The smallest absolute Gasteiger partial charge is 0.262 e. The van der Waals surface area contributed by atoms with Gasteiger partial charge in [-0.1, -0.05) is 61.9 Å². The molecule has 0 fully saturated rings. The SMILES string of the molecule is Cc1ccc(NC(=O)COc2ccc3ccccc3c2CNC(C)C)cc1. The van der Waals surface area contributed by atoms with E-state index in [0.717, 1.165) is 33.3 Å². The molecule has 0 spiro atoms. The molecule has 0 unspecified atom stereocenters. The van der Waals surface area contributed by atoms with Gasteiger partial charge in [0.2, 0.25) is 0 Å². The Morgan fingerprint density at radius 3 is 2.48 bits per heavy atom. The van der Waals surface area contributed by atoms with Gasteiger partial charge in [0.05, 0.1) is 0 Å². The van der Waals surface area contributed by atoms with Crippen LogP contribution >= 0.6 is 0 Å². The number of benzene rings is 3. The van der Waals surface area contributed by atoms with E-state index < -0.39 is 0 Å². The van der Waals surface area contributed by atoms with Gasteiger partial charge in [0.25, 0.3) is 5.91 Å². The van der Waals surface area contributed by atoms with E-state index in [1.54, 1.807) is 0 Å². The number of aryl methyl sites for hydroxylation is 1. The van der Waals surface area contributed by atoms with Gasteiger partial charge in [-0.15, -0.1) is 0 Å². The number of carbonyl (C=O) groups excluding carboxylic acids is 1. The number of hydrogen-bond donors (Lipinski definition) is 2. The molecule has 3 rings (SSSR count). The van der Waals surface area contributed by atoms with Crippen LogP contribution < -0.4 is 15.4 Å². The molecule has 0 atom stereocenters. The molecule has 4 heteroatoms. The number of ether oxygens (including phenoxy) is 1. The molecule has 0 saturated heterocycles. The third-order valence-corrected chi connectivity index (χ3v) is 4.38. The number of fused-ring (bicyclic) bond motifs is 1. The van der Waals surface area contributed by atoms with Crippen LogP contribution in [0, 0.1) is 6.92 Å². The molecule has 0 aliphatic heterocycles. The first-order valence-electron chi connectivity index (χ1n) is 9.26. The highest BCUT2D eigenvalue weighted by molar-refractivity contribution is 5.92. The fraction of sp³-hybridized carbons (Fsp3) is 0.261. The van der Waals surface area contributed by atoms with Gasteiger partial charge in [-0.05, 0) is 35.9 Å². The number of rotatable bonds is 7. The van der Waals surface area contributed by atoms with E-state index in [1.165, 1.54) is 0 Å². The standard InChI is InChI=1S/C23H26N2O2/c1-16(2)24-14-21-20-7-5-4-6-18(20)10-13-22(21)27-15-23(26)25-19-11-8-17(3)9-12-19/h4-13,16,24H,14-15H2,1-3H3,(H,25,26). The topological polar surface area (TPSA) is 50.4 Å². The average Bonchev–Trinajstić information content (AvgIpc) is 2.66. The summed E-state index contributed by atoms with van der Waals surface area (Å²) in [6.07, 6.45) is 0. The van der Waals surface area contributed by atoms with Crippen LogP contribution in [0.2, 0.25) is 0 Å². The van der Waals surface area contributed by atoms with Crippen LogP contribution in [0.4, 0.5) is 5.69 Å². The molecule has 0 heterocycles. The molecule has 3 aromatic rings. The fourth-order valence-corrected chi connectivity index (χ4v) is 2.92. The second kappa shape index (κ2) is 8.69. The van der Waals surface area contributed by atoms with Gasteiger partial charge in [-0.2, -0.15) is 0 Å². The quantitative estimate of drug-likeness (QED) is 0.642. The van der Waals surface area contributed by atoms with Crippen molar-refractivity contribution in [2.75, 3.05) is 11.9 Å². The molecule has 4 nitrogen and oxygen atoms in total. The van der Waals surface area contributed by atoms with Crippen molar-refractivity contribution in [1.29, 1.82) is 0 Å². The second-order valence-corrected chi connectivity index (χ2v) is 7.00. The highest BCUT2D eigenvalue weighted by Crippen LogP contribution is 2.28. The summed E-state index contributed by atoms with van der Waals surface area (Å²) in [5.41, 5.74) is 3.00. The van der Waals surface area contributed by atoms with Crippen LogP contribution in [0.5, 0.6) is 5.75 Å². The number of nitrogens with one attached hydrogen (secondary N) is 2. The summed E-state index contributed by atoms with van der Waals surface area (Å²) in [5, 5.41) is 8.62. The molecular formula is C23H26N2O2. The van der Waals surface area contributed by atoms with Crippen LogP contribution in [-0.4, -0.2) is 18.6 Å². The summed E-state index contributed by atoms with van der Waals surface area (Å²) in [4.78, 5) is 12.3. The van der Waals surface area contributed by atoms with Crippen molar-refractivity contribution in [2.45, 2.75) is 33.4 Å². The molecular weight excluding hydrogens is 336 g/mol. The monoisotopic (exact) mass is 362 g/mol. The van der Waals surface area contributed by atoms with Crippen molar-refractivity contribution < 1.29 is 9.53 Å². The number of hydrogen-bond acceptors (Lipinski definition) is 3. The lowest BCUT2D eigenvalue weighted by molar-refractivity contribution is -0.118. The third-order valence-electron chi connectivity index (χ3n) is 4.38. The summed E-state index contributed by atoms with van der Waals surface area (Å²) >= 11 is 0. The Balaban J connectivity index is 1.74. The minimum absolute atomic E-state index is 0.0269. The lowest BCUT2D eigenvalue weighted by atomic mass is 10.0. The maximum atomic E-state index is 12.3. The first kappa shape index (κ1) is 18.9. The van der Waals surface area contributed by atoms with Crippen LogP contribution in [0.15, 0.2) is 60.7 Å². The first-order valence-corrected chi connectivity index (χ1v) is 9.26. The Hall–Kier alpha value is -2.85. The lowest BCUT2D eigenvalue weighted by Crippen LogP contribution is -2.24. The predicted molar refractivity (Wildman–Crippen MR) is 111 cm³/mol. The molecule has 0 aliphatic carbocycles. The van der Waals surface area contributed by atoms with E-state index in [0.29, 0.717) is 12.6 Å². The molecule has 1 amide bonds. The molecule has 0 aliphatic rings. The normalized spacial score (nSPS) is 11.0. The van der Waals surface area contributed by atoms with Crippen molar-refractivity contribution in [3.63, 3.8) is 0 Å². The van der Waals surface area contributed by atoms with Gasteiger partial charge in [-0.25, -0.2) is 0 Å². The van der Waals surface area contributed by atoms with Gasteiger partial charge in [-0.3, -0.25) is 4.79 Å². The second-order valence-electron chi connectivity index (χ2n) is 7.00. The molecule has 0 aromatic heterocycles. The number of amides is 1. The third kappa shape index (κ3) is 5.08. The van der Waals surface area contributed by atoms with Crippen molar-refractivity contribution in [3.05, 3.63) is 71.8 Å². The van der Waals surface area contributed by atoms with E-state index in [2.05, 4.69) is 36.6 Å². The molecule has 2 N–H and O–H groups in total. The van der Waals surface area contributed by atoms with Crippen LogP contribution in [0.25, 0.3) is 10.8 Å². The van der Waals surface area contributed by atoms with E-state index >= 15 is 0 Å². The van der Waals surface area contributed by atoms with E-state index in [1.807, 2.05) is 55.5 Å². The Morgan fingerprint density at radius 1 is 1.00 bits per heavy atom. The van der Waals surface area contributed by atoms with Crippen molar-refractivity contribution >= 4 is 22.4 Å².